The Kier molecular flexibility index (Phi) is 5.07. The first-order valence-corrected chi connectivity index (χ1v) is 8.00. The van der Waals surface area contributed by atoms with Crippen LogP contribution in [0.25, 0.3) is 0 Å². The molecule has 1 amide bonds. The van der Waals surface area contributed by atoms with Crippen molar-refractivity contribution in [3.8, 4) is 0 Å². The maximum absolute atomic E-state index is 14.1. The number of pyridine rings is 2. The Morgan fingerprint density at radius 1 is 1.19 bits per heavy atom. The lowest BCUT2D eigenvalue weighted by Crippen LogP contribution is -2.14. The summed E-state index contributed by atoms with van der Waals surface area (Å²) in [6, 6.07) is 11.3. The summed E-state index contributed by atoms with van der Waals surface area (Å²) in [6.45, 7) is 2.09. The van der Waals surface area contributed by atoms with E-state index in [1.54, 1.807) is 42.7 Å². The highest BCUT2D eigenvalue weighted by Crippen LogP contribution is 2.19. The largest absolute Gasteiger partial charge is 0.382 e. The molecule has 0 spiro atoms. The average molecular weight is 351 g/mol. The topological polar surface area (TPSA) is 92.9 Å². The Bertz CT molecular complexity index is 927. The molecule has 0 fully saturated rings. The molecule has 2 heterocycles. The van der Waals surface area contributed by atoms with E-state index in [0.717, 1.165) is 5.56 Å². The number of benzene rings is 1. The number of nitrogens with two attached hydrogens (primary N) is 1. The van der Waals surface area contributed by atoms with Gasteiger partial charge in [0.25, 0.3) is 5.91 Å². The third-order valence-corrected chi connectivity index (χ3v) is 3.76. The number of anilines is 3. The number of carbonyl (C=O) groups is 1. The zero-order valence-corrected chi connectivity index (χ0v) is 14.2. The van der Waals surface area contributed by atoms with E-state index in [4.69, 9.17) is 5.73 Å². The van der Waals surface area contributed by atoms with Gasteiger partial charge < -0.3 is 16.4 Å². The van der Waals surface area contributed by atoms with Crippen LogP contribution in [0.3, 0.4) is 0 Å². The lowest BCUT2D eigenvalue weighted by Gasteiger charge is -2.11. The number of nitrogen functional groups attached to an aromatic ring is 1. The predicted molar refractivity (Wildman–Crippen MR) is 99.3 cm³/mol. The number of aromatic nitrogens is 2. The molecule has 7 heteroatoms. The molecule has 0 saturated heterocycles. The molecule has 0 saturated carbocycles. The van der Waals surface area contributed by atoms with Crippen LogP contribution in [-0.4, -0.2) is 15.9 Å². The van der Waals surface area contributed by atoms with Gasteiger partial charge in [-0.25, -0.2) is 9.37 Å². The molecule has 0 bridgehead atoms. The Balaban J connectivity index is 1.72. The molecule has 6 nitrogen and oxygen atoms in total. The van der Waals surface area contributed by atoms with Crippen LogP contribution in [-0.2, 0) is 6.54 Å². The summed E-state index contributed by atoms with van der Waals surface area (Å²) < 4.78 is 14.1. The number of nitrogens with zero attached hydrogens (tertiary/aromatic N) is 2. The van der Waals surface area contributed by atoms with Gasteiger partial charge >= 0.3 is 0 Å². The van der Waals surface area contributed by atoms with E-state index in [2.05, 4.69) is 20.6 Å². The molecule has 0 unspecified atom stereocenters. The normalized spacial score (nSPS) is 10.4. The van der Waals surface area contributed by atoms with E-state index in [9.17, 15) is 9.18 Å². The van der Waals surface area contributed by atoms with E-state index in [0.29, 0.717) is 28.5 Å². The molecule has 0 aliphatic rings. The third kappa shape index (κ3) is 4.13. The van der Waals surface area contributed by atoms with E-state index < -0.39 is 0 Å². The van der Waals surface area contributed by atoms with Crippen LogP contribution in [0.4, 0.5) is 21.6 Å². The second kappa shape index (κ2) is 7.60. The van der Waals surface area contributed by atoms with Gasteiger partial charge in [-0.15, -0.1) is 0 Å². The molecule has 0 radical (unpaired) electrons. The van der Waals surface area contributed by atoms with Gasteiger partial charge in [0.05, 0.1) is 5.69 Å². The minimum absolute atomic E-state index is 0.203. The summed E-state index contributed by atoms with van der Waals surface area (Å²) in [7, 11) is 0. The van der Waals surface area contributed by atoms with E-state index in [1.807, 2.05) is 6.92 Å². The lowest BCUT2D eigenvalue weighted by molar-refractivity contribution is 0.102. The van der Waals surface area contributed by atoms with Crippen LogP contribution in [0.1, 0.15) is 21.6 Å². The lowest BCUT2D eigenvalue weighted by atomic mass is 10.1. The number of hydrogen-bond acceptors (Lipinski definition) is 5. The van der Waals surface area contributed by atoms with Crippen LogP contribution < -0.4 is 16.4 Å². The van der Waals surface area contributed by atoms with Crippen LogP contribution in [0, 0.1) is 12.7 Å². The van der Waals surface area contributed by atoms with Crippen molar-refractivity contribution in [1.82, 2.24) is 9.97 Å². The van der Waals surface area contributed by atoms with Crippen molar-refractivity contribution < 1.29 is 9.18 Å². The van der Waals surface area contributed by atoms with E-state index in [-0.39, 0.29) is 18.3 Å². The number of amides is 1. The maximum Gasteiger partial charge on any atom is 0.274 e. The van der Waals surface area contributed by atoms with Crippen molar-refractivity contribution >= 4 is 23.1 Å². The van der Waals surface area contributed by atoms with Crippen molar-refractivity contribution in [2.24, 2.45) is 0 Å². The van der Waals surface area contributed by atoms with Crippen molar-refractivity contribution in [1.29, 1.82) is 0 Å². The SMILES string of the molecule is Cc1ccc(C(=O)Nc2ccc(F)c(CNc3cccnc3N)c2)nc1. The van der Waals surface area contributed by atoms with Crippen LogP contribution in [0.5, 0.6) is 0 Å². The molecule has 2 aromatic heterocycles. The highest BCUT2D eigenvalue weighted by Gasteiger charge is 2.10. The highest BCUT2D eigenvalue weighted by atomic mass is 19.1. The molecule has 1 aromatic carbocycles. The van der Waals surface area contributed by atoms with Crippen molar-refractivity contribution in [3.63, 3.8) is 0 Å². The number of rotatable bonds is 5. The number of hydrogen-bond donors (Lipinski definition) is 3. The molecule has 0 atom stereocenters. The zero-order valence-electron chi connectivity index (χ0n) is 14.2. The van der Waals surface area contributed by atoms with E-state index >= 15 is 0 Å². The number of halogens is 1. The predicted octanol–water partition coefficient (Wildman–Crippen LogP) is 3.37. The molecule has 0 aliphatic heterocycles. The summed E-state index contributed by atoms with van der Waals surface area (Å²) in [5.74, 6) is -0.402. The van der Waals surface area contributed by atoms with Crippen LogP contribution in [0.2, 0.25) is 0 Å². The van der Waals surface area contributed by atoms with Crippen molar-refractivity contribution in [2.45, 2.75) is 13.5 Å². The first kappa shape index (κ1) is 17.3. The first-order valence-electron chi connectivity index (χ1n) is 8.00. The summed E-state index contributed by atoms with van der Waals surface area (Å²) in [4.78, 5) is 20.3. The Morgan fingerprint density at radius 2 is 2.04 bits per heavy atom. The Labute approximate surface area is 150 Å². The van der Waals surface area contributed by atoms with Gasteiger partial charge in [0.15, 0.2) is 0 Å². The van der Waals surface area contributed by atoms with Crippen molar-refractivity contribution in [2.75, 3.05) is 16.4 Å². The summed E-state index contributed by atoms with van der Waals surface area (Å²) in [5.41, 5.74) is 8.51. The average Bonchev–Trinajstić information content (AvgIpc) is 2.64. The summed E-state index contributed by atoms with van der Waals surface area (Å²) >= 11 is 0. The number of carbonyl (C=O) groups excluding carboxylic acids is 1. The van der Waals surface area contributed by atoms with Gasteiger partial charge in [0, 0.05) is 30.2 Å². The smallest absolute Gasteiger partial charge is 0.274 e. The van der Waals surface area contributed by atoms with Gasteiger partial charge in [-0.1, -0.05) is 6.07 Å². The fourth-order valence-corrected chi connectivity index (χ4v) is 2.34. The Hall–Kier alpha value is -3.48. The third-order valence-electron chi connectivity index (χ3n) is 3.76. The van der Waals surface area contributed by atoms with Gasteiger partial charge in [0.2, 0.25) is 0 Å². The highest BCUT2D eigenvalue weighted by molar-refractivity contribution is 6.02. The summed E-state index contributed by atoms with van der Waals surface area (Å²) in [5, 5.41) is 5.76. The standard InChI is InChI=1S/C19H18FN5O/c1-12-4-7-17(23-10-12)19(26)25-14-5-6-15(20)13(9-14)11-24-16-3-2-8-22-18(16)21/h2-10,24H,11H2,1H3,(H2,21,22)(H,25,26). The fourth-order valence-electron chi connectivity index (χ4n) is 2.34. The maximum atomic E-state index is 14.1. The molecule has 3 aromatic rings. The fraction of sp³-hybridized carbons (Fsp3) is 0.105. The molecule has 4 N–H and O–H groups in total. The molecule has 26 heavy (non-hydrogen) atoms. The Morgan fingerprint density at radius 3 is 2.77 bits per heavy atom. The van der Waals surface area contributed by atoms with E-state index in [1.165, 1.54) is 12.1 Å². The summed E-state index contributed by atoms with van der Waals surface area (Å²) in [6.07, 6.45) is 3.20. The zero-order chi connectivity index (χ0) is 18.5. The second-order valence-electron chi connectivity index (χ2n) is 5.77. The van der Waals surface area contributed by atoms with Gasteiger partial charge in [-0.05, 0) is 48.9 Å². The van der Waals surface area contributed by atoms with Crippen molar-refractivity contribution in [3.05, 3.63) is 77.5 Å². The minimum Gasteiger partial charge on any atom is -0.382 e. The monoisotopic (exact) mass is 351 g/mol. The molecular weight excluding hydrogens is 333 g/mol. The van der Waals surface area contributed by atoms with Gasteiger partial charge in [0.1, 0.15) is 17.3 Å². The van der Waals surface area contributed by atoms with Crippen LogP contribution in [0.15, 0.2) is 54.9 Å². The van der Waals surface area contributed by atoms with Gasteiger partial charge in [-0.2, -0.15) is 0 Å². The number of aryl methyl sites for hydroxylation is 1. The molecule has 3 rings (SSSR count). The number of nitrogens with one attached hydrogen (secondary N) is 2. The van der Waals surface area contributed by atoms with Crippen LogP contribution >= 0.6 is 0 Å². The molecular formula is C19H18FN5O. The molecule has 132 valence electrons. The quantitative estimate of drug-likeness (QED) is 0.655. The molecule has 0 aliphatic carbocycles. The minimum atomic E-state index is -0.383. The second-order valence-corrected chi connectivity index (χ2v) is 5.77. The first-order chi connectivity index (χ1) is 12.5. The van der Waals surface area contributed by atoms with Gasteiger partial charge in [-0.3, -0.25) is 9.78 Å².